The van der Waals surface area contributed by atoms with Crippen molar-refractivity contribution >= 4 is 32.4 Å². The molecule has 1 unspecified atom stereocenters. The molecule has 158 valence electrons. The highest BCUT2D eigenvalue weighted by Gasteiger charge is 2.30. The number of nitrogens with one attached hydrogen (secondary N) is 1. The smallest absolute Gasteiger partial charge is 0.243 e. The summed E-state index contributed by atoms with van der Waals surface area (Å²) in [6, 6.07) is 17.9. The molecule has 8 heteroatoms. The lowest BCUT2D eigenvalue weighted by molar-refractivity contribution is -0.121. The van der Waals surface area contributed by atoms with E-state index in [4.69, 9.17) is 4.74 Å². The molecule has 0 aliphatic heterocycles. The summed E-state index contributed by atoms with van der Waals surface area (Å²) in [5.74, 6) is -0.604. The summed E-state index contributed by atoms with van der Waals surface area (Å²) < 4.78 is 45.0. The molecule has 0 aromatic heterocycles. The van der Waals surface area contributed by atoms with Gasteiger partial charge in [0.05, 0.1) is 18.5 Å². The van der Waals surface area contributed by atoms with Crippen LogP contribution in [-0.4, -0.2) is 39.8 Å². The predicted molar refractivity (Wildman–Crippen MR) is 116 cm³/mol. The lowest BCUT2D eigenvalue weighted by Crippen LogP contribution is -2.48. The average molecular weight is 431 g/mol. The van der Waals surface area contributed by atoms with Crippen molar-refractivity contribution in [2.75, 3.05) is 23.7 Å². The predicted octanol–water partition coefficient (Wildman–Crippen LogP) is 3.33. The topological polar surface area (TPSA) is 75.7 Å². The van der Waals surface area contributed by atoms with E-state index in [1.165, 1.54) is 25.1 Å². The van der Waals surface area contributed by atoms with Crippen LogP contribution in [0.15, 0.2) is 66.7 Å². The van der Waals surface area contributed by atoms with Gasteiger partial charge in [0.15, 0.2) is 0 Å². The molecule has 1 amide bonds. The fourth-order valence-electron chi connectivity index (χ4n) is 3.16. The highest BCUT2D eigenvalue weighted by Crippen LogP contribution is 2.24. The molecule has 0 saturated carbocycles. The van der Waals surface area contributed by atoms with Gasteiger partial charge in [-0.1, -0.05) is 42.5 Å². The van der Waals surface area contributed by atoms with E-state index in [0.717, 1.165) is 27.4 Å². The van der Waals surface area contributed by atoms with E-state index in [2.05, 4.69) is 5.32 Å². The standard InChI is InChI=1S/C22H23FN2O4S/c1-16(25(30(2,27)28)21-10-6-5-9-20(21)23)22(26)24-13-14-29-19-12-11-17-7-3-4-8-18(17)15-19/h3-12,15-16H,13-14H2,1-2H3,(H,24,26). The molecule has 0 spiro atoms. The number of hydrogen-bond donors (Lipinski definition) is 1. The van der Waals surface area contributed by atoms with Gasteiger partial charge in [0.1, 0.15) is 24.2 Å². The molecule has 0 aliphatic rings. The Bertz CT molecular complexity index is 1150. The highest BCUT2D eigenvalue weighted by atomic mass is 32.2. The molecule has 0 aliphatic carbocycles. The summed E-state index contributed by atoms with van der Waals surface area (Å²) in [6.45, 7) is 1.78. The van der Waals surface area contributed by atoms with Crippen LogP contribution in [0.3, 0.4) is 0 Å². The Morgan fingerprint density at radius 2 is 1.73 bits per heavy atom. The molecule has 0 saturated heterocycles. The molecule has 0 radical (unpaired) electrons. The van der Waals surface area contributed by atoms with Gasteiger partial charge in [-0.15, -0.1) is 0 Å². The van der Waals surface area contributed by atoms with Gasteiger partial charge >= 0.3 is 0 Å². The number of anilines is 1. The van der Waals surface area contributed by atoms with Gasteiger partial charge in [-0.05, 0) is 42.0 Å². The first-order valence-electron chi connectivity index (χ1n) is 9.40. The van der Waals surface area contributed by atoms with E-state index < -0.39 is 27.8 Å². The van der Waals surface area contributed by atoms with E-state index >= 15 is 0 Å². The van der Waals surface area contributed by atoms with Crippen molar-refractivity contribution in [2.45, 2.75) is 13.0 Å². The maximum Gasteiger partial charge on any atom is 0.243 e. The zero-order chi connectivity index (χ0) is 21.7. The molecule has 3 aromatic carbocycles. The van der Waals surface area contributed by atoms with Gasteiger partial charge in [0.2, 0.25) is 15.9 Å². The SMILES string of the molecule is CC(C(=O)NCCOc1ccc2ccccc2c1)N(c1ccccc1F)S(C)(=O)=O. The minimum Gasteiger partial charge on any atom is -0.492 e. The maximum atomic E-state index is 14.1. The maximum absolute atomic E-state index is 14.1. The van der Waals surface area contributed by atoms with E-state index in [1.807, 2.05) is 42.5 Å². The Morgan fingerprint density at radius 3 is 2.43 bits per heavy atom. The molecule has 0 fully saturated rings. The second-order valence-corrected chi connectivity index (χ2v) is 8.69. The normalized spacial score (nSPS) is 12.4. The number of carbonyl (C=O) groups is 1. The molecule has 1 atom stereocenters. The Hall–Kier alpha value is -3.13. The van der Waals surface area contributed by atoms with Crippen LogP contribution in [0.25, 0.3) is 10.8 Å². The third-order valence-electron chi connectivity index (χ3n) is 4.57. The molecule has 1 N–H and O–H groups in total. The van der Waals surface area contributed by atoms with Crippen molar-refractivity contribution in [2.24, 2.45) is 0 Å². The van der Waals surface area contributed by atoms with Crippen LogP contribution in [0.5, 0.6) is 5.75 Å². The highest BCUT2D eigenvalue weighted by molar-refractivity contribution is 7.92. The van der Waals surface area contributed by atoms with Crippen LogP contribution in [-0.2, 0) is 14.8 Å². The Kier molecular flexibility index (Phi) is 6.56. The molecule has 0 heterocycles. The van der Waals surface area contributed by atoms with Crippen molar-refractivity contribution < 1.29 is 22.3 Å². The summed E-state index contributed by atoms with van der Waals surface area (Å²) in [4.78, 5) is 12.5. The number of benzene rings is 3. The largest absolute Gasteiger partial charge is 0.492 e. The van der Waals surface area contributed by atoms with E-state index in [9.17, 15) is 17.6 Å². The quantitative estimate of drug-likeness (QED) is 0.556. The van der Waals surface area contributed by atoms with Crippen LogP contribution >= 0.6 is 0 Å². The van der Waals surface area contributed by atoms with Crippen LogP contribution in [0.2, 0.25) is 0 Å². The van der Waals surface area contributed by atoms with Crippen molar-refractivity contribution in [1.29, 1.82) is 0 Å². The lowest BCUT2D eigenvalue weighted by Gasteiger charge is -2.28. The zero-order valence-corrected chi connectivity index (χ0v) is 17.5. The molecule has 30 heavy (non-hydrogen) atoms. The summed E-state index contributed by atoms with van der Waals surface area (Å²) in [7, 11) is -3.88. The first-order valence-corrected chi connectivity index (χ1v) is 11.3. The van der Waals surface area contributed by atoms with Crippen LogP contribution < -0.4 is 14.4 Å². The second kappa shape index (κ2) is 9.13. The summed E-state index contributed by atoms with van der Waals surface area (Å²) >= 11 is 0. The van der Waals surface area contributed by atoms with Gasteiger partial charge < -0.3 is 10.1 Å². The van der Waals surface area contributed by atoms with Gasteiger partial charge in [0, 0.05) is 0 Å². The number of fused-ring (bicyclic) bond motifs is 1. The Labute approximate surface area is 175 Å². The first-order chi connectivity index (χ1) is 14.3. The molecule has 3 rings (SSSR count). The third-order valence-corrected chi connectivity index (χ3v) is 5.80. The van der Waals surface area contributed by atoms with Gasteiger partial charge in [-0.2, -0.15) is 0 Å². The monoisotopic (exact) mass is 430 g/mol. The van der Waals surface area contributed by atoms with E-state index in [1.54, 1.807) is 0 Å². The summed E-state index contributed by atoms with van der Waals surface area (Å²) in [6.07, 6.45) is 0.937. The van der Waals surface area contributed by atoms with Gasteiger partial charge in [0.25, 0.3) is 0 Å². The summed E-state index contributed by atoms with van der Waals surface area (Å²) in [5.41, 5.74) is -0.171. The van der Waals surface area contributed by atoms with Crippen molar-refractivity contribution in [1.82, 2.24) is 5.32 Å². The van der Waals surface area contributed by atoms with E-state index in [-0.39, 0.29) is 18.8 Å². The van der Waals surface area contributed by atoms with Gasteiger partial charge in [-0.3, -0.25) is 9.10 Å². The van der Waals surface area contributed by atoms with Crippen molar-refractivity contribution in [3.05, 3.63) is 72.5 Å². The van der Waals surface area contributed by atoms with Crippen LogP contribution in [0.4, 0.5) is 10.1 Å². The number of sulfonamides is 1. The summed E-state index contributed by atoms with van der Waals surface area (Å²) in [5, 5.41) is 4.78. The Morgan fingerprint density at radius 1 is 1.07 bits per heavy atom. The van der Waals surface area contributed by atoms with Gasteiger partial charge in [-0.25, -0.2) is 12.8 Å². The number of ether oxygens (including phenoxy) is 1. The van der Waals surface area contributed by atoms with Crippen molar-refractivity contribution in [3.8, 4) is 5.75 Å². The number of hydrogen-bond acceptors (Lipinski definition) is 4. The molecular formula is C22H23FN2O4S. The van der Waals surface area contributed by atoms with Crippen LogP contribution in [0.1, 0.15) is 6.92 Å². The number of nitrogens with zero attached hydrogens (tertiary/aromatic N) is 1. The minimum absolute atomic E-state index is 0.171. The number of halogens is 1. The zero-order valence-electron chi connectivity index (χ0n) is 16.7. The molecule has 3 aromatic rings. The first kappa shape index (κ1) is 21.6. The van der Waals surface area contributed by atoms with Crippen LogP contribution in [0, 0.1) is 5.82 Å². The third kappa shape index (κ3) is 5.07. The second-order valence-electron chi connectivity index (χ2n) is 6.83. The van der Waals surface area contributed by atoms with E-state index in [0.29, 0.717) is 5.75 Å². The fourth-order valence-corrected chi connectivity index (χ4v) is 4.33. The lowest BCUT2D eigenvalue weighted by atomic mass is 10.1. The molecule has 6 nitrogen and oxygen atoms in total. The molecule has 0 bridgehead atoms. The van der Waals surface area contributed by atoms with Crippen molar-refractivity contribution in [3.63, 3.8) is 0 Å². The Balaban J connectivity index is 1.60. The number of carbonyl (C=O) groups excluding carboxylic acids is 1. The number of rotatable bonds is 8. The molecular weight excluding hydrogens is 407 g/mol. The number of para-hydroxylation sites is 1. The number of amides is 1. The average Bonchev–Trinajstić information content (AvgIpc) is 2.71. The minimum atomic E-state index is -3.88. The fraction of sp³-hybridized carbons (Fsp3) is 0.227.